The fourth-order valence-corrected chi connectivity index (χ4v) is 5.89. The smallest absolute Gasteiger partial charge is 0.405 e. The van der Waals surface area contributed by atoms with Crippen molar-refractivity contribution in [2.75, 3.05) is 6.61 Å². The van der Waals surface area contributed by atoms with Crippen molar-refractivity contribution in [2.24, 2.45) is 0 Å². The van der Waals surface area contributed by atoms with Crippen molar-refractivity contribution in [3.8, 4) is 17.2 Å². The van der Waals surface area contributed by atoms with E-state index >= 15 is 0 Å². The van der Waals surface area contributed by atoms with E-state index in [0.29, 0.717) is 24.7 Å². The van der Waals surface area contributed by atoms with Crippen LogP contribution in [0.3, 0.4) is 0 Å². The molecule has 2 aromatic carbocycles. The first kappa shape index (κ1) is 33.2. The molecule has 6 nitrogen and oxygen atoms in total. The van der Waals surface area contributed by atoms with Crippen molar-refractivity contribution in [2.45, 2.75) is 110 Å². The van der Waals surface area contributed by atoms with E-state index in [1.807, 2.05) is 54.3 Å². The highest BCUT2D eigenvalue weighted by Crippen LogP contribution is 2.33. The molecule has 0 radical (unpaired) electrons. The van der Waals surface area contributed by atoms with E-state index in [4.69, 9.17) is 18.8 Å². The summed E-state index contributed by atoms with van der Waals surface area (Å²) >= 11 is 1.63. The molecule has 41 heavy (non-hydrogen) atoms. The monoisotopic (exact) mass is 602 g/mol. The zero-order valence-electron chi connectivity index (χ0n) is 25.0. The molecule has 3 aromatic rings. The van der Waals surface area contributed by atoms with E-state index < -0.39 is 8.25 Å². The van der Waals surface area contributed by atoms with Crippen LogP contribution in [0.2, 0.25) is 0 Å². The molecule has 226 valence electrons. The quantitative estimate of drug-likeness (QED) is 0.0355. The number of unbranched alkanes of at least 4 members (excludes halogenated alkanes) is 13. The summed E-state index contributed by atoms with van der Waals surface area (Å²) in [5, 5.41) is 2.02. The molecule has 0 N–H and O–H groups in total. The molecule has 0 saturated heterocycles. The molecule has 1 unspecified atom stereocenters. The summed E-state index contributed by atoms with van der Waals surface area (Å²) in [7, 11) is -2.91. The Hall–Kier alpha value is -2.34. The minimum absolute atomic E-state index is 0.466. The summed E-state index contributed by atoms with van der Waals surface area (Å²) in [6.45, 7) is 5.56. The maximum Gasteiger partial charge on any atom is 0.405 e. The Morgan fingerprint density at radius 3 is 2.10 bits per heavy atom. The van der Waals surface area contributed by atoms with E-state index in [1.165, 1.54) is 83.5 Å². The van der Waals surface area contributed by atoms with Gasteiger partial charge >= 0.3 is 8.25 Å². The van der Waals surface area contributed by atoms with Crippen molar-refractivity contribution in [3.05, 3.63) is 70.7 Å². The predicted molar refractivity (Wildman–Crippen MR) is 168 cm³/mol. The van der Waals surface area contributed by atoms with Gasteiger partial charge in [-0.3, -0.25) is 0 Å². The number of ether oxygens (including phenoxy) is 1. The Balaban J connectivity index is 1.25. The molecule has 1 aromatic heterocycles. The second-order valence-corrected chi connectivity index (χ2v) is 12.3. The Bertz CT molecular complexity index is 1120. The number of hydrogen-bond acceptors (Lipinski definition) is 6. The standard InChI is InChI=1S/C33H49NO5PS/c1-3-4-5-6-7-8-9-10-11-12-13-14-15-16-24-36-32-21-18-22-33(29(32)2)37-39-40(35)38-31-20-17-19-30(26-31)27-34-23-25-41-28-34/h17-23,25-26,28,40H,3-16,24,27H2,1-2H3/q+1. The second-order valence-electron chi connectivity index (χ2n) is 10.7. The van der Waals surface area contributed by atoms with E-state index in [9.17, 15) is 4.57 Å². The van der Waals surface area contributed by atoms with Crippen molar-refractivity contribution >= 4 is 19.6 Å². The Morgan fingerprint density at radius 2 is 1.44 bits per heavy atom. The second kappa shape index (κ2) is 20.5. The van der Waals surface area contributed by atoms with Gasteiger partial charge in [-0.05, 0) is 37.6 Å². The lowest BCUT2D eigenvalue weighted by atomic mass is 10.0. The maximum absolute atomic E-state index is 12.4. The molecule has 3 rings (SSSR count). The molecule has 0 amide bonds. The third-order valence-electron chi connectivity index (χ3n) is 7.18. The first-order chi connectivity index (χ1) is 20.2. The molecule has 0 aliphatic carbocycles. The van der Waals surface area contributed by atoms with Crippen LogP contribution in [0.15, 0.2) is 59.6 Å². The highest BCUT2D eigenvalue weighted by molar-refractivity contribution is 7.33. The van der Waals surface area contributed by atoms with Gasteiger partial charge in [-0.15, -0.1) is 0 Å². The number of rotatable bonds is 23. The first-order valence-electron chi connectivity index (χ1n) is 15.4. The van der Waals surface area contributed by atoms with E-state index in [0.717, 1.165) is 23.3 Å². The summed E-state index contributed by atoms with van der Waals surface area (Å²) in [6.07, 6.45) is 20.7. The first-order valence-corrected chi connectivity index (χ1v) is 17.6. The summed E-state index contributed by atoms with van der Waals surface area (Å²) < 4.78 is 31.1. The van der Waals surface area contributed by atoms with Crippen LogP contribution in [0.1, 0.15) is 108 Å². The molecular weight excluding hydrogens is 553 g/mol. The van der Waals surface area contributed by atoms with Crippen molar-refractivity contribution < 1.29 is 28.0 Å². The van der Waals surface area contributed by atoms with Crippen LogP contribution >= 0.6 is 19.6 Å². The number of thiazole rings is 1. The lowest BCUT2D eigenvalue weighted by Crippen LogP contribution is -2.30. The van der Waals surface area contributed by atoms with Gasteiger partial charge < -0.3 is 14.1 Å². The van der Waals surface area contributed by atoms with E-state index in [1.54, 1.807) is 23.5 Å². The van der Waals surface area contributed by atoms with Gasteiger partial charge in [0.25, 0.3) is 0 Å². The highest BCUT2D eigenvalue weighted by Gasteiger charge is 2.11. The van der Waals surface area contributed by atoms with Gasteiger partial charge in [0.15, 0.2) is 18.5 Å². The Morgan fingerprint density at radius 1 is 0.805 bits per heavy atom. The van der Waals surface area contributed by atoms with Gasteiger partial charge in [0.2, 0.25) is 5.51 Å². The lowest BCUT2D eigenvalue weighted by Gasteiger charge is -2.13. The van der Waals surface area contributed by atoms with Crippen LogP contribution in [0.25, 0.3) is 0 Å². The van der Waals surface area contributed by atoms with Crippen molar-refractivity contribution in [1.29, 1.82) is 0 Å². The largest absolute Gasteiger partial charge is 0.493 e. The molecule has 8 heteroatoms. The SMILES string of the molecule is CCCCCCCCCCCCCCCCOc1cccc(OO[PH](=O)Oc2cccc(C[n+]3ccsc3)c2)c1C. The van der Waals surface area contributed by atoms with Crippen LogP contribution in [-0.4, -0.2) is 6.61 Å². The third kappa shape index (κ3) is 13.9. The lowest BCUT2D eigenvalue weighted by molar-refractivity contribution is -0.683. The summed E-state index contributed by atoms with van der Waals surface area (Å²) in [5.74, 6) is 1.70. The van der Waals surface area contributed by atoms with Gasteiger partial charge in [-0.1, -0.05) is 125 Å². The summed E-state index contributed by atoms with van der Waals surface area (Å²) in [4.78, 5) is 5.38. The Kier molecular flexibility index (Phi) is 16.6. The molecule has 0 bridgehead atoms. The summed E-state index contributed by atoms with van der Waals surface area (Å²) in [5.41, 5.74) is 3.89. The number of hydrogen-bond donors (Lipinski definition) is 0. The van der Waals surface area contributed by atoms with Crippen molar-refractivity contribution in [1.82, 2.24) is 0 Å². The van der Waals surface area contributed by atoms with Gasteiger partial charge in [0.1, 0.15) is 11.5 Å². The number of nitrogens with zero attached hydrogens (tertiary/aromatic N) is 1. The fourth-order valence-electron chi connectivity index (χ4n) is 4.78. The van der Waals surface area contributed by atoms with Crippen molar-refractivity contribution in [3.63, 3.8) is 0 Å². The van der Waals surface area contributed by atoms with Crippen LogP contribution in [-0.2, 0) is 15.8 Å². The fraction of sp³-hybridized carbons (Fsp3) is 0.545. The van der Waals surface area contributed by atoms with Gasteiger partial charge in [0, 0.05) is 11.1 Å². The van der Waals surface area contributed by atoms with Gasteiger partial charge in [-0.25, -0.2) is 4.57 Å². The van der Waals surface area contributed by atoms with Gasteiger partial charge in [0.05, 0.1) is 12.0 Å². The Labute approximate surface area is 251 Å². The average molecular weight is 603 g/mol. The molecule has 0 spiro atoms. The minimum atomic E-state index is -2.91. The summed E-state index contributed by atoms with van der Waals surface area (Å²) in [6, 6.07) is 13.0. The van der Waals surface area contributed by atoms with Crippen LogP contribution in [0, 0.1) is 6.92 Å². The highest BCUT2D eigenvalue weighted by atomic mass is 32.1. The molecule has 0 saturated carbocycles. The van der Waals surface area contributed by atoms with Crippen LogP contribution in [0.5, 0.6) is 17.2 Å². The molecular formula is C33H49NO5PS+. The zero-order chi connectivity index (χ0) is 29.0. The van der Waals surface area contributed by atoms with Crippen LogP contribution in [0.4, 0.5) is 0 Å². The normalized spacial score (nSPS) is 11.9. The predicted octanol–water partition coefficient (Wildman–Crippen LogP) is 10.0. The van der Waals surface area contributed by atoms with Crippen LogP contribution < -0.4 is 18.7 Å². The zero-order valence-corrected chi connectivity index (χ0v) is 26.8. The van der Waals surface area contributed by atoms with E-state index in [2.05, 4.69) is 11.5 Å². The molecule has 0 aliphatic heterocycles. The number of benzene rings is 2. The molecule has 1 atom stereocenters. The van der Waals surface area contributed by atoms with E-state index in [-0.39, 0.29) is 0 Å². The average Bonchev–Trinajstić information content (AvgIpc) is 3.48. The number of aromatic nitrogens is 1. The maximum atomic E-state index is 12.4. The minimum Gasteiger partial charge on any atom is -0.493 e. The molecule has 1 heterocycles. The third-order valence-corrected chi connectivity index (χ3v) is 8.47. The van der Waals surface area contributed by atoms with Gasteiger partial charge in [-0.2, -0.15) is 4.57 Å². The molecule has 0 fully saturated rings. The molecule has 0 aliphatic rings. The topological polar surface area (TPSA) is 57.9 Å².